The van der Waals surface area contributed by atoms with Crippen molar-refractivity contribution in [1.29, 1.82) is 0 Å². The number of hydrogen-bond acceptors (Lipinski definition) is 7. The molecule has 0 radical (unpaired) electrons. The highest BCUT2D eigenvalue weighted by Crippen LogP contribution is 2.15. The van der Waals surface area contributed by atoms with Crippen LogP contribution in [0, 0.1) is 0 Å². The van der Waals surface area contributed by atoms with Crippen molar-refractivity contribution < 1.29 is 27.9 Å². The van der Waals surface area contributed by atoms with Crippen molar-refractivity contribution >= 4 is 23.4 Å². The molecular weight excluding hydrogens is 421 g/mol. The molecule has 0 aromatic carbocycles. The number of carboxylic acid groups (broad SMARTS) is 1. The SMILES string of the molecule is O=C(CCn1cnccc1=O)Nc1ccc(N2CCNCC2)cn1.O=C(O)C(F)(F)F. The maximum atomic E-state index is 12.0. The minimum atomic E-state index is -5.08. The van der Waals surface area contributed by atoms with E-state index in [1.807, 2.05) is 6.07 Å². The number of carboxylic acids is 1. The van der Waals surface area contributed by atoms with E-state index in [1.165, 1.54) is 23.2 Å². The molecule has 1 aliphatic heterocycles. The smallest absolute Gasteiger partial charge is 0.475 e. The molecule has 31 heavy (non-hydrogen) atoms. The molecule has 2 aromatic heterocycles. The maximum absolute atomic E-state index is 12.0. The van der Waals surface area contributed by atoms with Gasteiger partial charge in [-0.15, -0.1) is 0 Å². The summed E-state index contributed by atoms with van der Waals surface area (Å²) in [5.41, 5.74) is 0.882. The monoisotopic (exact) mass is 442 g/mol. The number of amides is 1. The van der Waals surface area contributed by atoms with Crippen LogP contribution < -0.4 is 21.1 Å². The summed E-state index contributed by atoms with van der Waals surface area (Å²) < 4.78 is 33.1. The molecule has 1 saturated heterocycles. The minimum absolute atomic E-state index is 0.170. The molecule has 3 heterocycles. The first-order chi connectivity index (χ1) is 14.7. The van der Waals surface area contributed by atoms with E-state index in [0.717, 1.165) is 31.9 Å². The number of aromatic nitrogens is 3. The summed E-state index contributed by atoms with van der Waals surface area (Å²) in [7, 11) is 0. The van der Waals surface area contributed by atoms with Crippen LogP contribution in [0.4, 0.5) is 24.7 Å². The van der Waals surface area contributed by atoms with E-state index >= 15 is 0 Å². The second-order valence-corrected chi connectivity index (χ2v) is 6.35. The number of carbonyl (C=O) groups excluding carboxylic acids is 1. The van der Waals surface area contributed by atoms with Gasteiger partial charge in [0.05, 0.1) is 18.2 Å². The molecule has 1 aliphatic rings. The number of hydrogen-bond donors (Lipinski definition) is 3. The molecule has 0 aliphatic carbocycles. The summed E-state index contributed by atoms with van der Waals surface area (Å²) in [5, 5.41) is 13.2. The van der Waals surface area contributed by atoms with Crippen molar-refractivity contribution in [3.05, 3.63) is 47.3 Å². The molecule has 1 fully saturated rings. The predicted molar refractivity (Wildman–Crippen MR) is 105 cm³/mol. The van der Waals surface area contributed by atoms with Crippen LogP contribution in [-0.4, -0.2) is 63.9 Å². The highest BCUT2D eigenvalue weighted by atomic mass is 19.4. The summed E-state index contributed by atoms with van der Waals surface area (Å²) >= 11 is 0. The number of anilines is 2. The summed E-state index contributed by atoms with van der Waals surface area (Å²) in [6, 6.07) is 5.12. The fourth-order valence-corrected chi connectivity index (χ4v) is 2.54. The second kappa shape index (κ2) is 11.1. The van der Waals surface area contributed by atoms with E-state index in [2.05, 4.69) is 25.5 Å². The predicted octanol–water partition coefficient (Wildman–Crippen LogP) is 0.710. The molecule has 0 saturated carbocycles. The number of nitrogens with zero attached hydrogens (tertiary/aromatic N) is 4. The lowest BCUT2D eigenvalue weighted by molar-refractivity contribution is -0.192. The first-order valence-electron chi connectivity index (χ1n) is 9.19. The zero-order valence-corrected chi connectivity index (χ0v) is 16.3. The lowest BCUT2D eigenvalue weighted by Gasteiger charge is -2.29. The van der Waals surface area contributed by atoms with Gasteiger partial charge in [-0.3, -0.25) is 14.2 Å². The molecule has 0 spiro atoms. The number of carbonyl (C=O) groups is 2. The average molecular weight is 442 g/mol. The van der Waals surface area contributed by atoms with Crippen molar-refractivity contribution in [2.24, 2.45) is 0 Å². The van der Waals surface area contributed by atoms with Gasteiger partial charge >= 0.3 is 12.1 Å². The van der Waals surface area contributed by atoms with Crippen molar-refractivity contribution in [3.8, 4) is 0 Å². The van der Waals surface area contributed by atoms with Crippen LogP contribution >= 0.6 is 0 Å². The van der Waals surface area contributed by atoms with Crippen LogP contribution in [0.3, 0.4) is 0 Å². The lowest BCUT2D eigenvalue weighted by Crippen LogP contribution is -2.43. The maximum Gasteiger partial charge on any atom is 0.490 e. The van der Waals surface area contributed by atoms with E-state index in [1.54, 1.807) is 12.3 Å². The van der Waals surface area contributed by atoms with E-state index in [-0.39, 0.29) is 24.4 Å². The van der Waals surface area contributed by atoms with Crippen LogP contribution in [-0.2, 0) is 16.1 Å². The minimum Gasteiger partial charge on any atom is -0.475 e. The number of nitrogens with one attached hydrogen (secondary N) is 2. The van der Waals surface area contributed by atoms with Crippen molar-refractivity contribution in [2.45, 2.75) is 19.1 Å². The van der Waals surface area contributed by atoms with Gasteiger partial charge in [0.2, 0.25) is 5.91 Å². The van der Waals surface area contributed by atoms with Crippen LogP contribution in [0.25, 0.3) is 0 Å². The van der Waals surface area contributed by atoms with Gasteiger partial charge in [-0.05, 0) is 12.1 Å². The van der Waals surface area contributed by atoms with Crippen LogP contribution in [0.1, 0.15) is 6.42 Å². The Kier molecular flexibility index (Phi) is 8.49. The quantitative estimate of drug-likeness (QED) is 0.618. The molecule has 3 rings (SSSR count). The summed E-state index contributed by atoms with van der Waals surface area (Å²) in [5.74, 6) is -2.43. The van der Waals surface area contributed by atoms with Gasteiger partial charge in [-0.1, -0.05) is 0 Å². The first-order valence-corrected chi connectivity index (χ1v) is 9.19. The Labute approximate surface area is 174 Å². The Hall–Kier alpha value is -3.48. The number of aliphatic carboxylic acids is 1. The van der Waals surface area contributed by atoms with Gasteiger partial charge in [-0.2, -0.15) is 13.2 Å². The summed E-state index contributed by atoms with van der Waals surface area (Å²) in [6.45, 7) is 4.12. The number of rotatable bonds is 5. The Bertz CT molecular complexity index is 927. The Morgan fingerprint density at radius 3 is 2.42 bits per heavy atom. The molecule has 3 N–H and O–H groups in total. The van der Waals surface area contributed by atoms with Crippen molar-refractivity contribution in [3.63, 3.8) is 0 Å². The molecule has 0 unspecified atom stereocenters. The van der Waals surface area contributed by atoms with Crippen LogP contribution in [0.2, 0.25) is 0 Å². The third kappa shape index (κ3) is 8.04. The van der Waals surface area contributed by atoms with Crippen LogP contribution in [0.5, 0.6) is 0 Å². The molecule has 0 bridgehead atoms. The third-order valence-corrected chi connectivity index (χ3v) is 4.11. The van der Waals surface area contributed by atoms with E-state index in [9.17, 15) is 22.8 Å². The van der Waals surface area contributed by atoms with Crippen LogP contribution in [0.15, 0.2) is 41.7 Å². The zero-order valence-electron chi connectivity index (χ0n) is 16.3. The Morgan fingerprint density at radius 2 is 1.87 bits per heavy atom. The molecule has 10 nitrogen and oxygen atoms in total. The second-order valence-electron chi connectivity index (χ2n) is 6.35. The summed E-state index contributed by atoms with van der Waals surface area (Å²) in [6.07, 6.45) is -0.266. The highest BCUT2D eigenvalue weighted by Gasteiger charge is 2.38. The normalized spacial score (nSPS) is 13.7. The van der Waals surface area contributed by atoms with E-state index < -0.39 is 12.1 Å². The molecule has 168 valence electrons. The van der Waals surface area contributed by atoms with E-state index in [4.69, 9.17) is 9.90 Å². The average Bonchev–Trinajstić information content (AvgIpc) is 2.74. The van der Waals surface area contributed by atoms with Gasteiger partial charge in [0.1, 0.15) is 5.82 Å². The fourth-order valence-electron chi connectivity index (χ4n) is 2.54. The highest BCUT2D eigenvalue weighted by molar-refractivity contribution is 5.89. The Morgan fingerprint density at radius 1 is 1.19 bits per heavy atom. The third-order valence-electron chi connectivity index (χ3n) is 4.11. The number of aryl methyl sites for hydroxylation is 1. The fraction of sp³-hybridized carbons (Fsp3) is 0.389. The zero-order chi connectivity index (χ0) is 22.9. The Balaban J connectivity index is 0.000000423. The largest absolute Gasteiger partial charge is 0.490 e. The van der Waals surface area contributed by atoms with Gasteiger partial charge < -0.3 is 20.6 Å². The number of halogens is 3. The standard InChI is InChI=1S/C16H20N6O2.C2HF3O2/c23-15(4-8-22-12-18-5-3-16(22)24)20-14-2-1-13(11-19-14)21-9-6-17-7-10-21;3-2(4,5)1(6)7/h1-3,5,11-12,17H,4,6-10H2,(H,19,20,23);(H,6,7). The molecule has 1 amide bonds. The summed E-state index contributed by atoms with van der Waals surface area (Å²) in [4.78, 5) is 42.8. The molecule has 2 aromatic rings. The van der Waals surface area contributed by atoms with Gasteiger partial charge in [-0.25, -0.2) is 14.8 Å². The van der Waals surface area contributed by atoms with Gasteiger partial charge in [0.25, 0.3) is 5.56 Å². The molecule has 0 atom stereocenters. The number of alkyl halides is 3. The van der Waals surface area contributed by atoms with Gasteiger partial charge in [0.15, 0.2) is 0 Å². The number of pyridine rings is 1. The van der Waals surface area contributed by atoms with Gasteiger partial charge in [0, 0.05) is 51.4 Å². The van der Waals surface area contributed by atoms with E-state index in [0.29, 0.717) is 5.82 Å². The topological polar surface area (TPSA) is 129 Å². The number of piperazine rings is 1. The first kappa shape index (κ1) is 23.8. The molecular formula is C18H21F3N6O4. The van der Waals surface area contributed by atoms with Crippen molar-refractivity contribution in [2.75, 3.05) is 36.4 Å². The lowest BCUT2D eigenvalue weighted by atomic mass is 10.3. The molecule has 13 heteroatoms. The van der Waals surface area contributed by atoms with Crippen molar-refractivity contribution in [1.82, 2.24) is 19.9 Å².